The van der Waals surface area contributed by atoms with Gasteiger partial charge in [0.2, 0.25) is 5.91 Å². The molecule has 31 heavy (non-hydrogen) atoms. The number of nitrogens with zero attached hydrogens (tertiary/aromatic N) is 3. The van der Waals surface area contributed by atoms with Gasteiger partial charge in [-0.15, -0.1) is 10.2 Å². The topological polar surface area (TPSA) is 76.9 Å². The van der Waals surface area contributed by atoms with E-state index in [-0.39, 0.29) is 17.4 Å². The maximum absolute atomic E-state index is 12.6. The van der Waals surface area contributed by atoms with E-state index >= 15 is 0 Å². The van der Waals surface area contributed by atoms with Crippen LogP contribution in [0.15, 0.2) is 53.7 Å². The summed E-state index contributed by atoms with van der Waals surface area (Å²) < 4.78 is 1.98. The predicted molar refractivity (Wildman–Crippen MR) is 126 cm³/mol. The second-order valence-electron chi connectivity index (χ2n) is 7.49. The Bertz CT molecular complexity index is 1050. The lowest BCUT2D eigenvalue weighted by atomic mass is 10.1. The third-order valence-corrected chi connectivity index (χ3v) is 5.77. The number of amides is 1. The molecule has 0 fully saturated rings. The molecule has 0 aliphatic heterocycles. The van der Waals surface area contributed by atoms with Gasteiger partial charge in [-0.2, -0.15) is 0 Å². The first kappa shape index (κ1) is 23.0. The molecule has 0 unspecified atom stereocenters. The van der Waals surface area contributed by atoms with Crippen molar-refractivity contribution in [1.82, 2.24) is 14.8 Å². The minimum absolute atomic E-state index is 0.0104. The lowest BCUT2D eigenvalue weighted by Gasteiger charge is -2.08. The SMILES string of the molecule is CCn1c(SCC(=O)c2ccc(NC(=O)CC(C)C)cc2)nnc1-c1ccc(Cl)cc1. The summed E-state index contributed by atoms with van der Waals surface area (Å²) in [5.41, 5.74) is 2.20. The highest BCUT2D eigenvalue weighted by atomic mass is 35.5. The summed E-state index contributed by atoms with van der Waals surface area (Å²) in [7, 11) is 0. The molecule has 0 atom stereocenters. The van der Waals surface area contributed by atoms with E-state index in [1.807, 2.05) is 49.6 Å². The van der Waals surface area contributed by atoms with Crippen LogP contribution in [0.5, 0.6) is 0 Å². The molecule has 1 amide bonds. The molecule has 1 N–H and O–H groups in total. The number of Topliss-reactive ketones (excluding diaryl/α,β-unsaturated/α-hetero) is 1. The number of ketones is 1. The Morgan fingerprint density at radius 3 is 2.35 bits per heavy atom. The number of nitrogens with one attached hydrogen (secondary N) is 1. The molecule has 3 aromatic rings. The molecule has 0 saturated heterocycles. The van der Waals surface area contributed by atoms with Crippen LogP contribution >= 0.6 is 23.4 Å². The molecule has 2 aromatic carbocycles. The zero-order chi connectivity index (χ0) is 22.4. The van der Waals surface area contributed by atoms with E-state index in [1.165, 1.54) is 11.8 Å². The minimum Gasteiger partial charge on any atom is -0.326 e. The lowest BCUT2D eigenvalue weighted by molar-refractivity contribution is -0.116. The first-order valence-electron chi connectivity index (χ1n) is 10.1. The summed E-state index contributed by atoms with van der Waals surface area (Å²) in [4.78, 5) is 24.5. The molecule has 1 aromatic heterocycles. The van der Waals surface area contributed by atoms with Gasteiger partial charge < -0.3 is 9.88 Å². The monoisotopic (exact) mass is 456 g/mol. The summed E-state index contributed by atoms with van der Waals surface area (Å²) in [5, 5.41) is 12.8. The standard InChI is InChI=1S/C23H25ClN4O2S/c1-4-28-22(17-5-9-18(24)10-6-17)26-27-23(28)31-14-20(29)16-7-11-19(12-8-16)25-21(30)13-15(2)3/h5-12,15H,4,13-14H2,1-3H3,(H,25,30). The Morgan fingerprint density at radius 1 is 1.06 bits per heavy atom. The Kier molecular flexibility index (Phi) is 7.87. The molecule has 0 bridgehead atoms. The number of benzene rings is 2. The van der Waals surface area contributed by atoms with E-state index in [9.17, 15) is 9.59 Å². The molecule has 6 nitrogen and oxygen atoms in total. The molecule has 0 spiro atoms. The van der Waals surface area contributed by atoms with Crippen LogP contribution in [0, 0.1) is 5.92 Å². The highest BCUT2D eigenvalue weighted by Gasteiger charge is 2.15. The average Bonchev–Trinajstić information content (AvgIpc) is 3.15. The summed E-state index contributed by atoms with van der Waals surface area (Å²) in [6.45, 7) is 6.70. The Balaban J connectivity index is 1.63. The number of aromatic nitrogens is 3. The summed E-state index contributed by atoms with van der Waals surface area (Å²) in [6, 6.07) is 14.4. The Morgan fingerprint density at radius 2 is 1.74 bits per heavy atom. The van der Waals surface area contributed by atoms with Gasteiger partial charge in [-0.3, -0.25) is 9.59 Å². The van der Waals surface area contributed by atoms with Crippen molar-refractivity contribution in [3.8, 4) is 11.4 Å². The number of hydrogen-bond donors (Lipinski definition) is 1. The zero-order valence-electron chi connectivity index (χ0n) is 17.8. The summed E-state index contributed by atoms with van der Waals surface area (Å²) >= 11 is 7.33. The maximum Gasteiger partial charge on any atom is 0.224 e. The van der Waals surface area contributed by atoms with Gasteiger partial charge in [0.05, 0.1) is 5.75 Å². The van der Waals surface area contributed by atoms with E-state index in [0.29, 0.717) is 40.3 Å². The number of carbonyl (C=O) groups is 2. The Hall–Kier alpha value is -2.64. The molecular formula is C23H25ClN4O2S. The van der Waals surface area contributed by atoms with Crippen molar-refractivity contribution in [2.45, 2.75) is 38.9 Å². The molecule has 3 rings (SSSR count). The second-order valence-corrected chi connectivity index (χ2v) is 8.87. The predicted octanol–water partition coefficient (Wildman–Crippen LogP) is 5.58. The van der Waals surface area contributed by atoms with Crippen LogP contribution in [0.3, 0.4) is 0 Å². The van der Waals surface area contributed by atoms with E-state index in [2.05, 4.69) is 15.5 Å². The van der Waals surface area contributed by atoms with Crippen LogP contribution in [0.25, 0.3) is 11.4 Å². The van der Waals surface area contributed by atoms with Crippen LogP contribution in [-0.2, 0) is 11.3 Å². The van der Waals surface area contributed by atoms with Gasteiger partial charge in [0.15, 0.2) is 16.8 Å². The quantitative estimate of drug-likeness (QED) is 0.336. The fourth-order valence-corrected chi connectivity index (χ4v) is 4.05. The van der Waals surface area contributed by atoms with Gasteiger partial charge in [0.1, 0.15) is 0 Å². The summed E-state index contributed by atoms with van der Waals surface area (Å²) in [6.07, 6.45) is 0.466. The average molecular weight is 457 g/mol. The molecule has 1 heterocycles. The van der Waals surface area contributed by atoms with E-state index in [0.717, 1.165) is 11.4 Å². The zero-order valence-corrected chi connectivity index (χ0v) is 19.3. The molecule has 0 saturated carbocycles. The van der Waals surface area contributed by atoms with Gasteiger partial charge in [-0.25, -0.2) is 0 Å². The van der Waals surface area contributed by atoms with Crippen molar-refractivity contribution in [2.24, 2.45) is 5.92 Å². The van der Waals surface area contributed by atoms with Gasteiger partial charge in [-0.05, 0) is 61.4 Å². The fourth-order valence-electron chi connectivity index (χ4n) is 3.03. The maximum atomic E-state index is 12.6. The van der Waals surface area contributed by atoms with E-state index in [4.69, 9.17) is 11.6 Å². The second kappa shape index (κ2) is 10.6. The van der Waals surface area contributed by atoms with Gasteiger partial charge >= 0.3 is 0 Å². The number of rotatable bonds is 9. The third-order valence-electron chi connectivity index (χ3n) is 4.55. The highest BCUT2D eigenvalue weighted by Crippen LogP contribution is 2.25. The molecule has 0 aliphatic carbocycles. The van der Waals surface area contributed by atoms with Crippen molar-refractivity contribution >= 4 is 40.7 Å². The number of halogens is 1. The minimum atomic E-state index is -0.0278. The molecule has 8 heteroatoms. The normalized spacial score (nSPS) is 11.0. The van der Waals surface area contributed by atoms with E-state index in [1.54, 1.807) is 24.3 Å². The van der Waals surface area contributed by atoms with Crippen molar-refractivity contribution in [3.63, 3.8) is 0 Å². The smallest absolute Gasteiger partial charge is 0.224 e. The van der Waals surface area contributed by atoms with Crippen LogP contribution in [-0.4, -0.2) is 32.2 Å². The van der Waals surface area contributed by atoms with Crippen LogP contribution in [0.2, 0.25) is 5.02 Å². The fraction of sp³-hybridized carbons (Fsp3) is 0.304. The largest absolute Gasteiger partial charge is 0.326 e. The molecule has 0 aliphatic rings. The Labute approximate surface area is 191 Å². The first-order chi connectivity index (χ1) is 14.9. The van der Waals surface area contributed by atoms with Crippen molar-refractivity contribution < 1.29 is 9.59 Å². The lowest BCUT2D eigenvalue weighted by Crippen LogP contribution is -2.14. The number of anilines is 1. The van der Waals surface area contributed by atoms with Crippen molar-refractivity contribution in [1.29, 1.82) is 0 Å². The number of carbonyl (C=O) groups excluding carboxylic acids is 2. The van der Waals surface area contributed by atoms with Crippen LogP contribution in [0.1, 0.15) is 37.6 Å². The highest BCUT2D eigenvalue weighted by molar-refractivity contribution is 7.99. The van der Waals surface area contributed by atoms with Gasteiger partial charge in [-0.1, -0.05) is 37.2 Å². The number of thioether (sulfide) groups is 1. The van der Waals surface area contributed by atoms with Crippen molar-refractivity contribution in [3.05, 3.63) is 59.1 Å². The summed E-state index contributed by atoms with van der Waals surface area (Å²) in [5.74, 6) is 1.25. The molecular weight excluding hydrogens is 432 g/mol. The van der Waals surface area contributed by atoms with E-state index < -0.39 is 0 Å². The van der Waals surface area contributed by atoms with Crippen LogP contribution in [0.4, 0.5) is 5.69 Å². The molecule has 0 radical (unpaired) electrons. The number of hydrogen-bond acceptors (Lipinski definition) is 5. The van der Waals surface area contributed by atoms with Gasteiger partial charge in [0.25, 0.3) is 0 Å². The van der Waals surface area contributed by atoms with Crippen LogP contribution < -0.4 is 5.32 Å². The van der Waals surface area contributed by atoms with Crippen molar-refractivity contribution in [2.75, 3.05) is 11.1 Å². The first-order valence-corrected chi connectivity index (χ1v) is 11.5. The van der Waals surface area contributed by atoms with Gasteiger partial charge in [0, 0.05) is 34.8 Å². The third kappa shape index (κ3) is 6.18. The molecule has 162 valence electrons.